The minimum absolute atomic E-state index is 0.0672. The largest absolute Gasteiger partial charge is 0.475 e. The second kappa shape index (κ2) is 22.6. The quantitative estimate of drug-likeness (QED) is 0.0650. The van der Waals surface area contributed by atoms with E-state index in [9.17, 15) is 0 Å². The maximum atomic E-state index is 8.85. The number of fused-ring (bicyclic) bond motifs is 4. The van der Waals surface area contributed by atoms with Gasteiger partial charge in [-0.2, -0.15) is 20.5 Å². The highest BCUT2D eigenvalue weighted by atomic mass is 31.2. The molecule has 2 unspecified atom stereocenters. The third kappa shape index (κ3) is 10.1. The normalized spacial score (nSPS) is 31.1. The number of aryl methyl sites for hydroxylation is 2. The Morgan fingerprint density at radius 3 is 1.45 bits per heavy atom. The Morgan fingerprint density at radius 2 is 1.05 bits per heavy atom. The average molecular weight is 1070 g/mol. The molecule has 4 aromatic heterocycles. The van der Waals surface area contributed by atoms with Crippen molar-refractivity contribution in [3.63, 3.8) is 0 Å². The smallest absolute Gasteiger partial charge is 0.260 e. The van der Waals surface area contributed by atoms with Gasteiger partial charge in [-0.1, -0.05) is 74.5 Å². The molecule has 0 amide bonds. The van der Waals surface area contributed by atoms with Crippen LogP contribution in [-0.2, 0) is 38.8 Å². The summed E-state index contributed by atoms with van der Waals surface area (Å²) in [4.78, 5) is 27.1. The third-order valence-electron chi connectivity index (χ3n) is 15.5. The summed E-state index contributed by atoms with van der Waals surface area (Å²) in [5.74, 6) is 1.93. The Kier molecular flexibility index (Phi) is 15.6. The monoisotopic (exact) mass is 1070 g/mol. The maximum absolute atomic E-state index is 8.85. The number of nitrogens with zero attached hydrogens (tertiary/aromatic N) is 12. The zero-order valence-electron chi connectivity index (χ0n) is 44.0. The van der Waals surface area contributed by atoms with Crippen molar-refractivity contribution in [2.24, 2.45) is 0 Å². The van der Waals surface area contributed by atoms with Crippen LogP contribution in [0.3, 0.4) is 0 Å². The summed E-state index contributed by atoms with van der Waals surface area (Å²) >= 11 is 0. The first-order valence-corrected chi connectivity index (χ1v) is 29.0. The molecule has 10 heterocycles. The number of hydrogen-bond donors (Lipinski definition) is 0. The van der Waals surface area contributed by atoms with Crippen LogP contribution in [-0.4, -0.2) is 111 Å². The lowest BCUT2D eigenvalue weighted by molar-refractivity contribution is -0.0163. The standard InChI is InChI=1S/2C27H33N6O4P/c2*1-4-20-21(36-38-33-14-8-12-22(33)27(3,37-38)19-10-6-5-7-11-19)16-23(35-20)32-17-29-24-25(32)30-18(2)31-26(24)34-15-9-13-28/h2*5-7,10-11,17,20-23H,4,8-9,12,14-16H2,1-3H3/t20-,21?,22+,23-,27-,38+;20-,21?,22-,23-,27+,38-/m11/s1. The van der Waals surface area contributed by atoms with E-state index in [1.54, 1.807) is 12.7 Å². The van der Waals surface area contributed by atoms with Crippen molar-refractivity contribution in [3.8, 4) is 23.9 Å². The lowest BCUT2D eigenvalue weighted by Gasteiger charge is -2.29. The van der Waals surface area contributed by atoms with Crippen LogP contribution in [0.25, 0.3) is 22.3 Å². The fourth-order valence-electron chi connectivity index (χ4n) is 11.7. The maximum Gasteiger partial charge on any atom is 0.260 e. The fraction of sp³-hybridized carbons (Fsp3) is 0.556. The van der Waals surface area contributed by atoms with Crippen LogP contribution in [0, 0.1) is 36.5 Å². The van der Waals surface area contributed by atoms with E-state index in [2.05, 4.69) is 128 Å². The van der Waals surface area contributed by atoms with Gasteiger partial charge in [-0.05, 0) is 77.3 Å². The topological polar surface area (TPSA) is 215 Å². The van der Waals surface area contributed by atoms with Gasteiger partial charge in [-0.25, -0.2) is 29.3 Å². The van der Waals surface area contributed by atoms with E-state index in [1.165, 1.54) is 11.1 Å². The number of rotatable bonds is 16. The van der Waals surface area contributed by atoms with Crippen LogP contribution in [0.15, 0.2) is 73.3 Å². The van der Waals surface area contributed by atoms with Crippen molar-refractivity contribution in [1.29, 1.82) is 10.5 Å². The van der Waals surface area contributed by atoms with Gasteiger partial charge in [0.2, 0.25) is 11.8 Å². The Bertz CT molecular complexity index is 2870. The molecule has 6 aliphatic rings. The molecular formula is C54H66N12O8P2. The summed E-state index contributed by atoms with van der Waals surface area (Å²) in [6, 6.07) is 25.8. The molecule has 76 heavy (non-hydrogen) atoms. The molecule has 0 N–H and O–H groups in total. The van der Waals surface area contributed by atoms with Crippen LogP contribution in [0.1, 0.15) is 127 Å². The Morgan fingerprint density at radius 1 is 0.632 bits per heavy atom. The van der Waals surface area contributed by atoms with Crippen molar-refractivity contribution in [1.82, 2.24) is 48.4 Å². The van der Waals surface area contributed by atoms with Crippen molar-refractivity contribution in [2.45, 2.75) is 166 Å². The molecule has 6 fully saturated rings. The second-order valence-electron chi connectivity index (χ2n) is 20.4. The minimum atomic E-state index is -1.21. The predicted octanol–water partition coefficient (Wildman–Crippen LogP) is 10.3. The zero-order valence-corrected chi connectivity index (χ0v) is 45.8. The first-order valence-electron chi connectivity index (χ1n) is 26.7. The second-order valence-corrected chi connectivity index (χ2v) is 23.2. The molecule has 0 bridgehead atoms. The van der Waals surface area contributed by atoms with Crippen LogP contribution in [0.5, 0.6) is 11.8 Å². The first kappa shape index (κ1) is 52.7. The molecule has 0 aliphatic carbocycles. The number of benzene rings is 2. The van der Waals surface area contributed by atoms with Crippen molar-refractivity contribution < 1.29 is 37.0 Å². The molecule has 0 spiro atoms. The van der Waals surface area contributed by atoms with Gasteiger partial charge >= 0.3 is 0 Å². The average Bonchev–Trinajstić information content (AvgIpc) is 4.31. The summed E-state index contributed by atoms with van der Waals surface area (Å²) in [6.07, 6.45) is 10.6. The van der Waals surface area contributed by atoms with Crippen LogP contribution < -0.4 is 9.47 Å². The van der Waals surface area contributed by atoms with Gasteiger partial charge in [-0.3, -0.25) is 9.13 Å². The van der Waals surface area contributed by atoms with Crippen LogP contribution in [0.4, 0.5) is 0 Å². The SMILES string of the molecule is CC[C@H]1O[C@@H](n2cnc3c(OCCC#N)nc(C)nc32)CC1O[P@@]1O[C@](C)(c2ccccc2)[C@@H]2CCCN21.CC[C@H]1O[C@@H](n2cnc3c(OCCC#N)nc(C)nc32)CC1O[P@]1O[C@@](C)(c2ccccc2)[C@H]2CCCN21. The van der Waals surface area contributed by atoms with E-state index in [0.29, 0.717) is 70.7 Å². The first-order chi connectivity index (χ1) is 37.0. The molecule has 6 saturated heterocycles. The number of aromatic nitrogens is 8. The Hall–Kier alpha value is -5.34. The summed E-state index contributed by atoms with van der Waals surface area (Å²) < 4.78 is 60.3. The molecule has 6 aromatic rings. The third-order valence-corrected chi connectivity index (χ3v) is 19.3. The number of ether oxygens (including phenoxy) is 4. The fourth-order valence-corrected chi connectivity index (χ4v) is 16.0. The van der Waals surface area contributed by atoms with Gasteiger partial charge in [0.25, 0.3) is 17.1 Å². The molecule has 400 valence electrons. The van der Waals surface area contributed by atoms with E-state index < -0.39 is 17.1 Å². The van der Waals surface area contributed by atoms with E-state index >= 15 is 0 Å². The molecule has 12 rings (SSSR count). The van der Waals surface area contributed by atoms with E-state index in [0.717, 1.165) is 51.6 Å². The highest BCUT2D eigenvalue weighted by Gasteiger charge is 2.58. The van der Waals surface area contributed by atoms with Crippen LogP contribution >= 0.6 is 17.1 Å². The lowest BCUT2D eigenvalue weighted by atomic mass is 9.87. The molecule has 0 radical (unpaired) electrons. The lowest BCUT2D eigenvalue weighted by Crippen LogP contribution is -2.36. The molecule has 2 aromatic carbocycles. The number of hydrogen-bond acceptors (Lipinski definition) is 18. The minimum Gasteiger partial charge on any atom is -0.475 e. The van der Waals surface area contributed by atoms with E-state index in [-0.39, 0.29) is 74.1 Å². The number of nitriles is 2. The highest BCUT2D eigenvalue weighted by molar-refractivity contribution is 7.45. The van der Waals surface area contributed by atoms with Gasteiger partial charge in [0.05, 0.1) is 74.1 Å². The van der Waals surface area contributed by atoms with Crippen molar-refractivity contribution in [2.75, 3.05) is 26.3 Å². The summed E-state index contributed by atoms with van der Waals surface area (Å²) in [5, 5.41) is 17.7. The predicted molar refractivity (Wildman–Crippen MR) is 282 cm³/mol. The molecule has 20 nitrogen and oxygen atoms in total. The highest BCUT2D eigenvalue weighted by Crippen LogP contribution is 2.65. The number of imidazole rings is 2. The van der Waals surface area contributed by atoms with E-state index in [4.69, 9.17) is 47.6 Å². The van der Waals surface area contributed by atoms with Crippen molar-refractivity contribution >= 4 is 39.4 Å². The Balaban J connectivity index is 0.000000162. The van der Waals surface area contributed by atoms with Gasteiger partial charge in [0.1, 0.15) is 48.5 Å². The molecular weight excluding hydrogens is 1010 g/mol. The summed E-state index contributed by atoms with van der Waals surface area (Å²) in [6.45, 7) is 14.8. The van der Waals surface area contributed by atoms with Crippen LogP contribution in [0.2, 0.25) is 0 Å². The molecule has 12 atom stereocenters. The summed E-state index contributed by atoms with van der Waals surface area (Å²) in [7, 11) is -2.43. The van der Waals surface area contributed by atoms with E-state index in [1.807, 2.05) is 35.1 Å². The van der Waals surface area contributed by atoms with Gasteiger partial charge in [0.15, 0.2) is 22.3 Å². The zero-order chi connectivity index (χ0) is 52.6. The molecule has 6 aliphatic heterocycles. The van der Waals surface area contributed by atoms with Crippen molar-refractivity contribution in [3.05, 3.63) is 96.1 Å². The van der Waals surface area contributed by atoms with Gasteiger partial charge < -0.3 is 37.0 Å². The molecule has 22 heteroatoms. The van der Waals surface area contributed by atoms with Gasteiger partial charge in [0, 0.05) is 25.9 Å². The molecule has 0 saturated carbocycles. The summed E-state index contributed by atoms with van der Waals surface area (Å²) in [5.41, 5.74) is 4.07. The van der Waals surface area contributed by atoms with Gasteiger partial charge in [-0.15, -0.1) is 0 Å². The Labute approximate surface area is 445 Å².